The number of rotatable bonds is 6. The highest BCUT2D eigenvalue weighted by Crippen LogP contribution is 2.34. The molecule has 1 heterocycles. The number of non-ortho nitro benzene ring substituents is 1. The molecule has 1 aliphatic rings. The minimum Gasteiger partial charge on any atom is -0.487 e. The highest BCUT2D eigenvalue weighted by atomic mass is 127. The van der Waals surface area contributed by atoms with Gasteiger partial charge in [-0.15, -0.1) is 0 Å². The molecule has 0 bridgehead atoms. The van der Waals surface area contributed by atoms with Gasteiger partial charge in [0.1, 0.15) is 23.7 Å². The number of carbonyl (C=O) groups is 2. The Morgan fingerprint density at radius 3 is 2.50 bits per heavy atom. The third kappa shape index (κ3) is 5.44. The molecule has 0 saturated carbocycles. The second-order valence-electron chi connectivity index (χ2n) is 7.44. The van der Waals surface area contributed by atoms with Crippen LogP contribution >= 0.6 is 50.7 Å². The maximum absolute atomic E-state index is 14.3. The summed E-state index contributed by atoms with van der Waals surface area (Å²) in [6, 6.07) is 15.0. The smallest absolute Gasteiger partial charge is 0.270 e. The number of halogens is 3. The van der Waals surface area contributed by atoms with Crippen molar-refractivity contribution in [3.8, 4) is 5.75 Å². The zero-order valence-electron chi connectivity index (χ0n) is 18.0. The molecule has 1 N–H and O–H groups in total. The molecule has 182 valence electrons. The Labute approximate surface area is 231 Å². The number of ether oxygens (including phenoxy) is 1. The van der Waals surface area contributed by atoms with E-state index in [1.807, 2.05) is 0 Å². The van der Waals surface area contributed by atoms with Crippen molar-refractivity contribution in [3.05, 3.63) is 101 Å². The number of nitro groups is 1. The molecular weight excluding hydrogens is 668 g/mol. The van der Waals surface area contributed by atoms with E-state index in [9.17, 15) is 24.1 Å². The van der Waals surface area contributed by atoms with Gasteiger partial charge < -0.3 is 4.74 Å². The fourth-order valence-electron chi connectivity index (χ4n) is 3.35. The van der Waals surface area contributed by atoms with Gasteiger partial charge in [-0.05, 0) is 104 Å². The highest BCUT2D eigenvalue weighted by molar-refractivity contribution is 14.1. The van der Waals surface area contributed by atoms with E-state index in [1.54, 1.807) is 30.3 Å². The van der Waals surface area contributed by atoms with Crippen molar-refractivity contribution in [2.75, 3.05) is 4.90 Å². The first-order valence-corrected chi connectivity index (χ1v) is 12.4. The van der Waals surface area contributed by atoms with Crippen molar-refractivity contribution < 1.29 is 23.6 Å². The maximum atomic E-state index is 14.3. The molecule has 0 atom stereocenters. The summed E-state index contributed by atoms with van der Waals surface area (Å²) in [6.07, 6.45) is 1.39. The van der Waals surface area contributed by atoms with E-state index in [-0.39, 0.29) is 28.7 Å². The Kier molecular flexibility index (Phi) is 7.76. The summed E-state index contributed by atoms with van der Waals surface area (Å²) in [7, 11) is 0. The van der Waals surface area contributed by atoms with Crippen molar-refractivity contribution >= 4 is 85.1 Å². The summed E-state index contributed by atoms with van der Waals surface area (Å²) in [5, 5.41) is 13.0. The van der Waals surface area contributed by atoms with Crippen molar-refractivity contribution in [2.45, 2.75) is 6.61 Å². The first kappa shape index (κ1) is 25.9. The number of nitro benzene ring substituents is 1. The number of hydrogen-bond acceptors (Lipinski definition) is 6. The Bertz CT molecular complexity index is 1420. The molecule has 8 nitrogen and oxygen atoms in total. The van der Waals surface area contributed by atoms with Crippen molar-refractivity contribution in [1.29, 1.82) is 0 Å². The number of anilines is 1. The third-order valence-corrected chi connectivity index (χ3v) is 6.73. The summed E-state index contributed by atoms with van der Waals surface area (Å²) < 4.78 is 21.5. The lowest BCUT2D eigenvalue weighted by molar-refractivity contribution is -0.384. The van der Waals surface area contributed by atoms with Gasteiger partial charge in [-0.25, -0.2) is 9.29 Å². The molecule has 12 heteroatoms. The molecule has 0 spiro atoms. The minimum absolute atomic E-state index is 0.0115. The Balaban J connectivity index is 1.58. The molecule has 0 radical (unpaired) electrons. The summed E-state index contributed by atoms with van der Waals surface area (Å²) in [6.45, 7) is 0.170. The van der Waals surface area contributed by atoms with Crippen LogP contribution in [0.4, 0.5) is 15.8 Å². The van der Waals surface area contributed by atoms with Crippen LogP contribution in [-0.4, -0.2) is 21.9 Å². The maximum Gasteiger partial charge on any atom is 0.270 e. The Morgan fingerprint density at radius 2 is 1.86 bits per heavy atom. The molecule has 4 rings (SSSR count). The predicted octanol–water partition coefficient (Wildman–Crippen LogP) is 5.51. The van der Waals surface area contributed by atoms with Crippen LogP contribution in [0.2, 0.25) is 0 Å². The average Bonchev–Trinajstić information content (AvgIpc) is 2.82. The van der Waals surface area contributed by atoms with Crippen molar-refractivity contribution in [3.63, 3.8) is 0 Å². The van der Waals surface area contributed by atoms with E-state index in [1.165, 1.54) is 36.4 Å². The normalized spacial score (nSPS) is 14.7. The first-order chi connectivity index (χ1) is 17.2. The van der Waals surface area contributed by atoms with E-state index in [0.717, 1.165) is 10.5 Å². The molecule has 2 amide bonds. The lowest BCUT2D eigenvalue weighted by Crippen LogP contribution is -2.54. The zero-order valence-corrected chi connectivity index (χ0v) is 22.6. The number of para-hydroxylation sites is 1. The van der Waals surface area contributed by atoms with Crippen LogP contribution in [0.3, 0.4) is 0 Å². The van der Waals surface area contributed by atoms with Crippen LogP contribution in [-0.2, 0) is 16.2 Å². The van der Waals surface area contributed by atoms with Crippen LogP contribution in [0.1, 0.15) is 11.1 Å². The van der Waals surface area contributed by atoms with Crippen LogP contribution in [0.5, 0.6) is 5.75 Å². The molecule has 3 aromatic rings. The number of hydrogen-bond donors (Lipinski definition) is 1. The standard InChI is InChI=1S/C24H14BrFIN3O5S/c25-17-10-14(11-19(27)21(17)35-12-13-5-7-15(8-6-13)30(33)34)9-16-22(31)28-24(36)29(23(16)32)20-4-2-1-3-18(20)26/h1-11H,12H2,(H,28,31,36)/b16-9+. The number of carbonyl (C=O) groups excluding carboxylic acids is 2. The molecule has 36 heavy (non-hydrogen) atoms. The number of thiocarbonyl (C=S) groups is 1. The van der Waals surface area contributed by atoms with Crippen LogP contribution in [0, 0.1) is 19.5 Å². The predicted molar refractivity (Wildman–Crippen MR) is 147 cm³/mol. The van der Waals surface area contributed by atoms with Gasteiger partial charge in [-0.3, -0.25) is 25.0 Å². The SMILES string of the molecule is O=C1NC(=S)N(c2ccccc2F)C(=O)/C1=C/c1cc(Br)c(OCc2ccc([N+](=O)[O-])cc2)c(I)c1. The van der Waals surface area contributed by atoms with Gasteiger partial charge in [0.2, 0.25) is 0 Å². The fraction of sp³-hybridized carbons (Fsp3) is 0.0417. The van der Waals surface area contributed by atoms with Crippen LogP contribution in [0.15, 0.2) is 70.7 Å². The average molecular weight is 682 g/mol. The third-order valence-electron chi connectivity index (χ3n) is 5.06. The topological polar surface area (TPSA) is 102 Å². The van der Waals surface area contributed by atoms with Gasteiger partial charge in [-0.1, -0.05) is 12.1 Å². The Morgan fingerprint density at radius 1 is 1.17 bits per heavy atom. The summed E-state index contributed by atoms with van der Waals surface area (Å²) in [5.41, 5.74) is 0.970. The quantitative estimate of drug-likeness (QED) is 0.0920. The molecule has 0 aromatic heterocycles. The van der Waals surface area contributed by atoms with Gasteiger partial charge in [0.25, 0.3) is 17.5 Å². The van der Waals surface area contributed by atoms with Gasteiger partial charge >= 0.3 is 0 Å². The van der Waals surface area contributed by atoms with Gasteiger partial charge in [0.05, 0.1) is 18.7 Å². The summed E-state index contributed by atoms with van der Waals surface area (Å²) >= 11 is 10.6. The van der Waals surface area contributed by atoms with E-state index < -0.39 is 22.6 Å². The lowest BCUT2D eigenvalue weighted by atomic mass is 10.1. The number of benzene rings is 3. The molecule has 3 aromatic carbocycles. The zero-order chi connectivity index (χ0) is 26.0. The van der Waals surface area contributed by atoms with E-state index in [2.05, 4.69) is 43.8 Å². The monoisotopic (exact) mass is 681 g/mol. The van der Waals surface area contributed by atoms with E-state index in [4.69, 9.17) is 17.0 Å². The molecule has 1 saturated heterocycles. The second-order valence-corrected chi connectivity index (χ2v) is 9.84. The highest BCUT2D eigenvalue weighted by Gasteiger charge is 2.35. The number of amides is 2. The fourth-order valence-corrected chi connectivity index (χ4v) is 5.39. The van der Waals surface area contributed by atoms with Crippen LogP contribution < -0.4 is 15.0 Å². The molecule has 1 aliphatic heterocycles. The molecular formula is C24H14BrFIN3O5S. The summed E-state index contributed by atoms with van der Waals surface area (Å²) in [5.74, 6) is -1.58. The van der Waals surface area contributed by atoms with Crippen LogP contribution in [0.25, 0.3) is 6.08 Å². The van der Waals surface area contributed by atoms with Crippen molar-refractivity contribution in [2.24, 2.45) is 0 Å². The number of nitrogens with one attached hydrogen (secondary N) is 1. The largest absolute Gasteiger partial charge is 0.487 e. The van der Waals surface area contributed by atoms with Gasteiger partial charge in [-0.2, -0.15) is 0 Å². The molecule has 0 aliphatic carbocycles. The van der Waals surface area contributed by atoms with Gasteiger partial charge in [0.15, 0.2) is 5.11 Å². The second kappa shape index (κ2) is 10.8. The molecule has 1 fully saturated rings. The molecule has 0 unspecified atom stereocenters. The number of nitrogens with zero attached hydrogens (tertiary/aromatic N) is 2. The van der Waals surface area contributed by atoms with Crippen molar-refractivity contribution in [1.82, 2.24) is 5.32 Å². The Hall–Kier alpha value is -3.23. The summed E-state index contributed by atoms with van der Waals surface area (Å²) in [4.78, 5) is 37.0. The minimum atomic E-state index is -0.751. The van der Waals surface area contributed by atoms with Gasteiger partial charge in [0, 0.05) is 12.1 Å². The van der Waals surface area contributed by atoms with E-state index >= 15 is 0 Å². The lowest BCUT2D eigenvalue weighted by Gasteiger charge is -2.29. The first-order valence-electron chi connectivity index (χ1n) is 10.2. The van der Waals surface area contributed by atoms with E-state index in [0.29, 0.717) is 19.4 Å².